The van der Waals surface area contributed by atoms with Crippen molar-refractivity contribution in [2.24, 2.45) is 5.73 Å². The van der Waals surface area contributed by atoms with Crippen LogP contribution in [0.3, 0.4) is 0 Å². The summed E-state index contributed by atoms with van der Waals surface area (Å²) >= 11 is 0. The van der Waals surface area contributed by atoms with E-state index in [1.807, 2.05) is 6.07 Å². The first-order valence-electron chi connectivity index (χ1n) is 2.62. The molecule has 0 spiro atoms. The Morgan fingerprint density at radius 2 is 2.20 bits per heavy atom. The van der Waals surface area contributed by atoms with Crippen molar-refractivity contribution >= 4 is 0 Å². The average molecular weight is 182 g/mol. The van der Waals surface area contributed by atoms with Gasteiger partial charge in [0, 0.05) is 18.3 Å². The fourth-order valence-corrected chi connectivity index (χ4v) is 0.579. The summed E-state index contributed by atoms with van der Waals surface area (Å²) in [4.78, 5) is 0. The van der Waals surface area contributed by atoms with Gasteiger partial charge >= 0.3 is 0 Å². The number of halogens is 2. The number of hydrogen-bond acceptors (Lipinski definition) is 2. The minimum absolute atomic E-state index is 0. The number of rotatable bonds is 2. The second-order valence-corrected chi connectivity index (χ2v) is 1.62. The number of nitrogens with zero attached hydrogens (tertiary/aromatic N) is 1. The molecule has 0 aliphatic rings. The van der Waals surface area contributed by atoms with E-state index in [9.17, 15) is 0 Å². The minimum Gasteiger partial charge on any atom is -1.00 e. The monoisotopic (exact) mass is 181 g/mol. The van der Waals surface area contributed by atoms with Crippen molar-refractivity contribution in [2.75, 3.05) is 6.54 Å². The van der Waals surface area contributed by atoms with E-state index in [-0.39, 0.29) is 24.8 Å². The molecule has 1 aromatic heterocycles. The molecule has 3 nitrogen and oxygen atoms in total. The molecule has 1 rings (SSSR count). The van der Waals surface area contributed by atoms with Crippen molar-refractivity contribution in [2.45, 2.75) is 6.42 Å². The zero-order valence-corrected chi connectivity index (χ0v) is 6.86. The molecule has 1 heterocycles. The first-order valence-corrected chi connectivity index (χ1v) is 2.62. The molecule has 0 fully saturated rings. The Morgan fingerprint density at radius 1 is 1.50 bits per heavy atom. The van der Waals surface area contributed by atoms with E-state index in [0.29, 0.717) is 6.54 Å². The number of nitrogens with two attached hydrogens (primary N) is 1. The Balaban J connectivity index is 0. The van der Waals surface area contributed by atoms with E-state index in [1.165, 1.54) is 0 Å². The van der Waals surface area contributed by atoms with Crippen molar-refractivity contribution in [1.29, 1.82) is 0 Å². The van der Waals surface area contributed by atoms with Gasteiger partial charge in [0.1, 0.15) is 0 Å². The lowest BCUT2D eigenvalue weighted by Gasteiger charge is -1.86. The third-order valence-electron chi connectivity index (χ3n) is 0.972. The normalized spacial score (nSPS) is 7.70. The molecule has 0 atom stereocenters. The van der Waals surface area contributed by atoms with E-state index in [4.69, 9.17) is 5.73 Å². The predicted molar refractivity (Wildman–Crippen MR) is 31.3 cm³/mol. The second-order valence-electron chi connectivity index (χ2n) is 1.62. The van der Waals surface area contributed by atoms with Gasteiger partial charge in [-0.3, -0.25) is 5.10 Å². The smallest absolute Gasteiger partial charge is 0.0490 e. The van der Waals surface area contributed by atoms with Gasteiger partial charge in [0.05, 0.1) is 0 Å². The quantitative estimate of drug-likeness (QED) is 0.478. The maximum absolute atomic E-state index is 5.27. The van der Waals surface area contributed by atoms with E-state index in [2.05, 4.69) is 10.2 Å². The van der Waals surface area contributed by atoms with E-state index in [0.717, 1.165) is 12.1 Å². The number of hydrogen-bond donors (Lipinski definition) is 2. The highest BCUT2D eigenvalue weighted by Gasteiger charge is 1.87. The summed E-state index contributed by atoms with van der Waals surface area (Å²) < 4.78 is 0. The lowest BCUT2D eigenvalue weighted by molar-refractivity contribution is -0.00100. The van der Waals surface area contributed by atoms with E-state index >= 15 is 0 Å². The highest BCUT2D eigenvalue weighted by Crippen LogP contribution is 1.88. The third-order valence-corrected chi connectivity index (χ3v) is 0.972. The summed E-state index contributed by atoms with van der Waals surface area (Å²) in [7, 11) is 0. The molecule has 10 heavy (non-hydrogen) atoms. The van der Waals surface area contributed by atoms with Crippen LogP contribution in [0.5, 0.6) is 0 Å². The molecule has 0 saturated heterocycles. The van der Waals surface area contributed by atoms with Gasteiger partial charge in [-0.25, -0.2) is 0 Å². The lowest BCUT2D eigenvalue weighted by Crippen LogP contribution is -3.00. The molecule has 0 saturated carbocycles. The first kappa shape index (κ1) is 12.4. The number of aromatic amines is 1. The van der Waals surface area contributed by atoms with E-state index < -0.39 is 0 Å². The Hall–Kier alpha value is -0.250. The predicted octanol–water partition coefficient (Wildman–Crippen LogP) is -6.08. The topological polar surface area (TPSA) is 54.7 Å². The number of nitrogens with one attached hydrogen (secondary N) is 1. The largest absolute Gasteiger partial charge is 1.00 e. The van der Waals surface area contributed by atoms with Crippen LogP contribution in [-0.4, -0.2) is 16.7 Å². The van der Waals surface area contributed by atoms with Crippen LogP contribution in [0.25, 0.3) is 0 Å². The van der Waals surface area contributed by atoms with Gasteiger partial charge in [-0.15, -0.1) is 0 Å². The molecule has 5 heteroatoms. The highest BCUT2D eigenvalue weighted by molar-refractivity contribution is 4.97. The van der Waals surface area contributed by atoms with Crippen LogP contribution in [-0.2, 0) is 6.42 Å². The Labute approximate surface area is 72.2 Å². The first-order chi connectivity index (χ1) is 3.93. The molecule has 0 aliphatic heterocycles. The SMILES string of the molecule is NCCc1ccn[nH]1.[Cl-].[Cl-]. The Morgan fingerprint density at radius 3 is 2.60 bits per heavy atom. The van der Waals surface area contributed by atoms with Crippen molar-refractivity contribution < 1.29 is 24.8 Å². The van der Waals surface area contributed by atoms with Gasteiger partial charge in [-0.1, -0.05) is 0 Å². The summed E-state index contributed by atoms with van der Waals surface area (Å²) in [6, 6.07) is 1.92. The maximum Gasteiger partial charge on any atom is 0.0490 e. The fourth-order valence-electron chi connectivity index (χ4n) is 0.579. The molecule has 0 aliphatic carbocycles. The summed E-state index contributed by atoms with van der Waals surface area (Å²) in [5, 5.41) is 6.57. The average Bonchev–Trinajstić information content (AvgIpc) is 2.19. The zero-order chi connectivity index (χ0) is 5.82. The highest BCUT2D eigenvalue weighted by atomic mass is 35.5. The van der Waals surface area contributed by atoms with Crippen molar-refractivity contribution in [3.63, 3.8) is 0 Å². The number of aromatic nitrogens is 2. The summed E-state index contributed by atoms with van der Waals surface area (Å²) in [6.45, 7) is 0.683. The van der Waals surface area contributed by atoms with Gasteiger partial charge in [0.15, 0.2) is 0 Å². The molecule has 0 aromatic carbocycles. The van der Waals surface area contributed by atoms with Crippen LogP contribution in [0.2, 0.25) is 0 Å². The third kappa shape index (κ3) is 3.71. The fraction of sp³-hybridized carbons (Fsp3) is 0.400. The molecular formula is C5H9Cl2N3-2. The zero-order valence-electron chi connectivity index (χ0n) is 5.35. The van der Waals surface area contributed by atoms with Crippen LogP contribution in [0, 0.1) is 0 Å². The van der Waals surface area contributed by atoms with Crippen LogP contribution in [0.15, 0.2) is 12.3 Å². The van der Waals surface area contributed by atoms with Gasteiger partial charge in [-0.2, -0.15) is 5.10 Å². The van der Waals surface area contributed by atoms with Crippen molar-refractivity contribution in [1.82, 2.24) is 10.2 Å². The minimum atomic E-state index is 0. The molecule has 0 amide bonds. The molecular weight excluding hydrogens is 173 g/mol. The van der Waals surface area contributed by atoms with Crippen LogP contribution in [0.4, 0.5) is 0 Å². The summed E-state index contributed by atoms with van der Waals surface area (Å²) in [6.07, 6.45) is 2.62. The number of H-pyrrole nitrogens is 1. The standard InChI is InChI=1S/C5H9N3.2ClH/c6-3-1-5-2-4-7-8-5;;/h2,4H,1,3,6H2,(H,7,8);2*1H/p-2. The van der Waals surface area contributed by atoms with Crippen LogP contribution < -0.4 is 30.5 Å². The molecule has 0 radical (unpaired) electrons. The van der Waals surface area contributed by atoms with E-state index in [1.54, 1.807) is 6.20 Å². The Kier molecular flexibility index (Phi) is 8.53. The summed E-state index contributed by atoms with van der Waals surface area (Å²) in [5.74, 6) is 0. The van der Waals surface area contributed by atoms with Crippen molar-refractivity contribution in [3.8, 4) is 0 Å². The summed E-state index contributed by atoms with van der Waals surface area (Å²) in [5.41, 5.74) is 6.38. The maximum atomic E-state index is 5.27. The molecule has 60 valence electrons. The molecule has 3 N–H and O–H groups in total. The van der Waals surface area contributed by atoms with Crippen molar-refractivity contribution in [3.05, 3.63) is 18.0 Å². The Bertz CT molecular complexity index is 141. The van der Waals surface area contributed by atoms with Gasteiger partial charge in [0.2, 0.25) is 0 Å². The lowest BCUT2D eigenvalue weighted by atomic mass is 10.3. The van der Waals surface area contributed by atoms with Gasteiger partial charge < -0.3 is 30.5 Å². The molecule has 0 unspecified atom stereocenters. The van der Waals surface area contributed by atoms with Gasteiger partial charge in [0.25, 0.3) is 0 Å². The molecule has 0 bridgehead atoms. The van der Waals surface area contributed by atoms with Gasteiger partial charge in [-0.05, 0) is 12.6 Å². The second kappa shape index (κ2) is 6.86. The van der Waals surface area contributed by atoms with Crippen LogP contribution >= 0.6 is 0 Å². The van der Waals surface area contributed by atoms with Crippen LogP contribution in [0.1, 0.15) is 5.69 Å². The molecule has 1 aromatic rings.